The monoisotopic (exact) mass is 416 g/mol. The standard InChI is InChI=1S/C24H36N2O4/c1-29-21-11-8-20(18-22(21)30-2)10-13-24(28)26-16-14-25(15-17-26)23(27)12-9-19-6-4-3-5-7-19/h8,11,18-19H,3-7,9-10,12-17H2,1-2H3. The SMILES string of the molecule is COc1ccc(CCC(=O)N2CCN(C(=O)CCC3CCCCC3)CC2)cc1OC. The number of hydrogen-bond acceptors (Lipinski definition) is 4. The number of benzene rings is 1. The van der Waals surface area contributed by atoms with Gasteiger partial charge in [-0.3, -0.25) is 9.59 Å². The Morgan fingerprint density at radius 3 is 2.07 bits per heavy atom. The lowest BCUT2D eigenvalue weighted by Gasteiger charge is -2.35. The summed E-state index contributed by atoms with van der Waals surface area (Å²) < 4.78 is 10.6. The third-order valence-electron chi connectivity index (χ3n) is 6.55. The first-order valence-corrected chi connectivity index (χ1v) is 11.4. The van der Waals surface area contributed by atoms with Crippen LogP contribution in [0.5, 0.6) is 11.5 Å². The van der Waals surface area contributed by atoms with Crippen molar-refractivity contribution in [3.05, 3.63) is 23.8 Å². The molecule has 0 atom stereocenters. The van der Waals surface area contributed by atoms with Gasteiger partial charge < -0.3 is 19.3 Å². The van der Waals surface area contributed by atoms with E-state index in [1.807, 2.05) is 28.0 Å². The highest BCUT2D eigenvalue weighted by Crippen LogP contribution is 2.29. The van der Waals surface area contributed by atoms with Crippen LogP contribution < -0.4 is 9.47 Å². The van der Waals surface area contributed by atoms with E-state index in [9.17, 15) is 9.59 Å². The van der Waals surface area contributed by atoms with E-state index in [1.54, 1.807) is 14.2 Å². The van der Waals surface area contributed by atoms with Crippen LogP contribution in [0.15, 0.2) is 18.2 Å². The van der Waals surface area contributed by atoms with Gasteiger partial charge in [0.1, 0.15) is 0 Å². The summed E-state index contributed by atoms with van der Waals surface area (Å²) in [5, 5.41) is 0. The summed E-state index contributed by atoms with van der Waals surface area (Å²) in [6.07, 6.45) is 9.40. The van der Waals surface area contributed by atoms with Crippen LogP contribution in [0, 0.1) is 5.92 Å². The molecule has 30 heavy (non-hydrogen) atoms. The van der Waals surface area contributed by atoms with E-state index in [0.29, 0.717) is 56.9 Å². The molecule has 1 aliphatic carbocycles. The summed E-state index contributed by atoms with van der Waals surface area (Å²) in [4.78, 5) is 29.0. The van der Waals surface area contributed by atoms with Crippen molar-refractivity contribution in [1.29, 1.82) is 0 Å². The van der Waals surface area contributed by atoms with Gasteiger partial charge in [0.05, 0.1) is 14.2 Å². The highest BCUT2D eigenvalue weighted by atomic mass is 16.5. The minimum absolute atomic E-state index is 0.152. The molecular formula is C24H36N2O4. The molecule has 1 saturated carbocycles. The molecule has 0 bridgehead atoms. The van der Waals surface area contributed by atoms with Crippen LogP contribution in [0.1, 0.15) is 56.9 Å². The van der Waals surface area contributed by atoms with Gasteiger partial charge in [0.15, 0.2) is 11.5 Å². The topological polar surface area (TPSA) is 59.1 Å². The number of carbonyl (C=O) groups is 2. The van der Waals surface area contributed by atoms with Gasteiger partial charge >= 0.3 is 0 Å². The fourth-order valence-electron chi connectivity index (χ4n) is 4.61. The van der Waals surface area contributed by atoms with Crippen LogP contribution in [0.4, 0.5) is 0 Å². The maximum Gasteiger partial charge on any atom is 0.223 e. The number of carbonyl (C=O) groups excluding carboxylic acids is 2. The van der Waals surface area contributed by atoms with E-state index < -0.39 is 0 Å². The number of methoxy groups -OCH3 is 2. The molecule has 0 N–H and O–H groups in total. The summed E-state index contributed by atoms with van der Waals surface area (Å²) in [5.74, 6) is 2.53. The molecule has 0 aromatic heterocycles. The largest absolute Gasteiger partial charge is 0.493 e. The number of aryl methyl sites for hydroxylation is 1. The van der Waals surface area contributed by atoms with Gasteiger partial charge in [-0.15, -0.1) is 0 Å². The average Bonchev–Trinajstić information content (AvgIpc) is 2.81. The molecule has 1 aromatic carbocycles. The molecule has 1 aromatic rings. The van der Waals surface area contributed by atoms with Gasteiger partial charge in [-0.05, 0) is 36.5 Å². The van der Waals surface area contributed by atoms with Crippen molar-refractivity contribution in [2.75, 3.05) is 40.4 Å². The fraction of sp³-hybridized carbons (Fsp3) is 0.667. The van der Waals surface area contributed by atoms with Gasteiger partial charge in [0.2, 0.25) is 11.8 Å². The zero-order chi connectivity index (χ0) is 21.3. The van der Waals surface area contributed by atoms with Crippen molar-refractivity contribution < 1.29 is 19.1 Å². The molecule has 2 aliphatic rings. The third kappa shape index (κ3) is 6.13. The number of rotatable bonds is 8. The summed E-state index contributed by atoms with van der Waals surface area (Å²) >= 11 is 0. The molecule has 3 rings (SSSR count). The van der Waals surface area contributed by atoms with Crippen LogP contribution >= 0.6 is 0 Å². The first-order valence-electron chi connectivity index (χ1n) is 11.4. The Hall–Kier alpha value is -2.24. The molecule has 1 aliphatic heterocycles. The molecule has 0 spiro atoms. The quantitative estimate of drug-likeness (QED) is 0.649. The van der Waals surface area contributed by atoms with Crippen LogP contribution in [-0.2, 0) is 16.0 Å². The predicted molar refractivity (Wildman–Crippen MR) is 117 cm³/mol. The summed E-state index contributed by atoms with van der Waals surface area (Å²) in [5.41, 5.74) is 1.05. The van der Waals surface area contributed by atoms with E-state index in [0.717, 1.165) is 17.9 Å². The molecule has 2 amide bonds. The van der Waals surface area contributed by atoms with Gasteiger partial charge in [0.25, 0.3) is 0 Å². The molecule has 1 saturated heterocycles. The Balaban J connectivity index is 1.39. The second-order valence-corrected chi connectivity index (χ2v) is 8.49. The predicted octanol–water partition coefficient (Wildman–Crippen LogP) is 3.67. The molecule has 0 radical (unpaired) electrons. The molecule has 6 nitrogen and oxygen atoms in total. The first-order chi connectivity index (χ1) is 14.6. The van der Waals surface area contributed by atoms with Crippen molar-refractivity contribution in [2.45, 2.75) is 57.8 Å². The number of hydrogen-bond donors (Lipinski definition) is 0. The van der Waals surface area contributed by atoms with Gasteiger partial charge in [0, 0.05) is 39.0 Å². The maximum atomic E-state index is 12.6. The first kappa shape index (κ1) is 22.4. The van der Waals surface area contributed by atoms with Crippen LogP contribution in [-0.4, -0.2) is 62.0 Å². The van der Waals surface area contributed by atoms with Crippen molar-refractivity contribution in [1.82, 2.24) is 9.80 Å². The molecule has 1 heterocycles. The zero-order valence-corrected chi connectivity index (χ0v) is 18.5. The van der Waals surface area contributed by atoms with Crippen molar-refractivity contribution in [3.8, 4) is 11.5 Å². The van der Waals surface area contributed by atoms with Crippen LogP contribution in [0.2, 0.25) is 0 Å². The lowest BCUT2D eigenvalue weighted by atomic mass is 9.86. The lowest BCUT2D eigenvalue weighted by molar-refractivity contribution is -0.139. The van der Waals surface area contributed by atoms with Crippen molar-refractivity contribution in [2.24, 2.45) is 5.92 Å². The van der Waals surface area contributed by atoms with Gasteiger partial charge in [-0.25, -0.2) is 0 Å². The number of ether oxygens (including phenoxy) is 2. The Kier molecular flexibility index (Phi) is 8.40. The Bertz CT molecular complexity index is 707. The van der Waals surface area contributed by atoms with Gasteiger partial charge in [-0.1, -0.05) is 38.2 Å². The van der Waals surface area contributed by atoms with E-state index in [4.69, 9.17) is 9.47 Å². The fourth-order valence-corrected chi connectivity index (χ4v) is 4.61. The second-order valence-electron chi connectivity index (χ2n) is 8.49. The molecule has 6 heteroatoms. The minimum atomic E-state index is 0.152. The van der Waals surface area contributed by atoms with E-state index >= 15 is 0 Å². The molecule has 166 valence electrons. The Labute approximate surface area is 180 Å². The Morgan fingerprint density at radius 1 is 0.867 bits per heavy atom. The third-order valence-corrected chi connectivity index (χ3v) is 6.55. The average molecular weight is 417 g/mol. The molecular weight excluding hydrogens is 380 g/mol. The highest BCUT2D eigenvalue weighted by Gasteiger charge is 2.24. The van der Waals surface area contributed by atoms with Crippen molar-refractivity contribution >= 4 is 11.8 Å². The summed E-state index contributed by atoms with van der Waals surface area (Å²) in [6, 6.07) is 5.77. The number of amides is 2. The molecule has 0 unspecified atom stereocenters. The van der Waals surface area contributed by atoms with E-state index in [2.05, 4.69) is 0 Å². The second kappa shape index (κ2) is 11.2. The van der Waals surface area contributed by atoms with Gasteiger partial charge in [-0.2, -0.15) is 0 Å². The zero-order valence-electron chi connectivity index (χ0n) is 18.5. The minimum Gasteiger partial charge on any atom is -0.493 e. The Morgan fingerprint density at radius 2 is 1.47 bits per heavy atom. The van der Waals surface area contributed by atoms with Crippen LogP contribution in [0.25, 0.3) is 0 Å². The summed E-state index contributed by atoms with van der Waals surface area (Å²) in [7, 11) is 3.23. The van der Waals surface area contributed by atoms with Crippen molar-refractivity contribution in [3.63, 3.8) is 0 Å². The van der Waals surface area contributed by atoms with E-state index in [-0.39, 0.29) is 11.8 Å². The smallest absolute Gasteiger partial charge is 0.223 e. The van der Waals surface area contributed by atoms with Crippen LogP contribution in [0.3, 0.4) is 0 Å². The normalized spacial score (nSPS) is 17.7. The van der Waals surface area contributed by atoms with E-state index in [1.165, 1.54) is 32.1 Å². The number of piperazine rings is 1. The number of nitrogens with zero attached hydrogens (tertiary/aromatic N) is 2. The molecule has 2 fully saturated rings. The maximum absolute atomic E-state index is 12.6. The highest BCUT2D eigenvalue weighted by molar-refractivity contribution is 5.78. The lowest BCUT2D eigenvalue weighted by Crippen LogP contribution is -2.50. The summed E-state index contributed by atoms with van der Waals surface area (Å²) in [6.45, 7) is 2.59.